The molecule has 2 heterocycles. The molecular weight excluding hydrogens is 516 g/mol. The van der Waals surface area contributed by atoms with Gasteiger partial charge in [0.25, 0.3) is 0 Å². The van der Waals surface area contributed by atoms with E-state index in [0.717, 1.165) is 43.8 Å². The lowest BCUT2D eigenvalue weighted by molar-refractivity contribution is -0.137. The number of anilines is 1. The molecule has 41 heavy (non-hydrogen) atoms. The summed E-state index contributed by atoms with van der Waals surface area (Å²) < 4.78 is 2.14. The summed E-state index contributed by atoms with van der Waals surface area (Å²) in [6.07, 6.45) is 11.6. The van der Waals surface area contributed by atoms with Crippen LogP contribution in [0.25, 0.3) is 11.1 Å². The zero-order valence-corrected chi connectivity index (χ0v) is 23.0. The molecular formula is C33H34N4O4. The van der Waals surface area contributed by atoms with Crippen LogP contribution in [0.2, 0.25) is 0 Å². The highest BCUT2D eigenvalue weighted by atomic mass is 16.2. The zero-order chi connectivity index (χ0) is 28.1. The van der Waals surface area contributed by atoms with Crippen LogP contribution < -0.4 is 10.6 Å². The van der Waals surface area contributed by atoms with Crippen LogP contribution in [0, 0.1) is 17.8 Å². The van der Waals surface area contributed by atoms with Crippen molar-refractivity contribution < 1.29 is 19.2 Å². The monoisotopic (exact) mass is 550 g/mol. The predicted molar refractivity (Wildman–Crippen MR) is 154 cm³/mol. The Morgan fingerprint density at radius 1 is 0.927 bits per heavy atom. The van der Waals surface area contributed by atoms with Crippen molar-refractivity contribution in [1.29, 1.82) is 0 Å². The Hall–Kier alpha value is -4.07. The maximum atomic E-state index is 13.1. The van der Waals surface area contributed by atoms with Crippen molar-refractivity contribution in [3.63, 3.8) is 0 Å². The van der Waals surface area contributed by atoms with Crippen molar-refractivity contribution in [2.75, 3.05) is 11.9 Å². The molecule has 0 radical (unpaired) electrons. The van der Waals surface area contributed by atoms with E-state index in [-0.39, 0.29) is 30.3 Å². The van der Waals surface area contributed by atoms with E-state index in [1.165, 1.54) is 29.5 Å². The molecule has 3 aromatic rings. The largest absolute Gasteiger partial charge is 0.385 e. The Labute approximate surface area is 238 Å². The molecule has 4 aliphatic rings. The maximum Gasteiger partial charge on any atom is 0.230 e. The minimum atomic E-state index is -1.03. The lowest BCUT2D eigenvalue weighted by Gasteiger charge is -2.35. The quantitative estimate of drug-likeness (QED) is 0.212. The highest BCUT2D eigenvalue weighted by Gasteiger charge is 2.47. The lowest BCUT2D eigenvalue weighted by atomic mass is 9.77. The van der Waals surface area contributed by atoms with E-state index in [1.807, 2.05) is 12.3 Å². The minimum absolute atomic E-state index is 0.149. The van der Waals surface area contributed by atoms with Gasteiger partial charge in [0.1, 0.15) is 0 Å². The van der Waals surface area contributed by atoms with Crippen LogP contribution in [-0.2, 0) is 9.59 Å². The third kappa shape index (κ3) is 5.00. The van der Waals surface area contributed by atoms with Crippen molar-refractivity contribution >= 4 is 29.1 Å². The summed E-state index contributed by atoms with van der Waals surface area (Å²) in [5, 5.41) is 10.3. The molecule has 2 N–H and O–H groups in total. The summed E-state index contributed by atoms with van der Waals surface area (Å²) in [6.45, 7) is 0.780. The first kappa shape index (κ1) is 25.9. The van der Waals surface area contributed by atoms with E-state index in [4.69, 9.17) is 0 Å². The summed E-state index contributed by atoms with van der Waals surface area (Å²) in [7, 11) is 0. The number of nitrogens with zero attached hydrogens (tertiary/aromatic N) is 2. The van der Waals surface area contributed by atoms with Gasteiger partial charge < -0.3 is 5.32 Å². The molecule has 2 unspecified atom stereocenters. The molecule has 2 atom stereocenters. The molecule has 0 bridgehead atoms. The average molecular weight is 551 g/mol. The fourth-order valence-corrected chi connectivity index (χ4v) is 6.77. The molecule has 2 saturated carbocycles. The van der Waals surface area contributed by atoms with Gasteiger partial charge in [-0.3, -0.25) is 29.2 Å². The molecule has 1 saturated heterocycles. The number of hydrogen-bond donors (Lipinski definition) is 2. The fourth-order valence-electron chi connectivity index (χ4n) is 6.77. The molecule has 2 amide bonds. The zero-order valence-electron chi connectivity index (χ0n) is 23.0. The molecule has 3 aliphatic carbocycles. The van der Waals surface area contributed by atoms with Crippen LogP contribution in [-0.4, -0.2) is 39.7 Å². The second-order valence-corrected chi connectivity index (χ2v) is 12.2. The SMILES string of the molecule is O=C1CCC(C2C(=O)c3ccc(NCCCC4CC(n5cc(-c6cccc(C7CC7)c6)cn5)C4)cc3C2=O)C(=O)N1. The highest BCUT2D eigenvalue weighted by molar-refractivity contribution is 6.28. The minimum Gasteiger partial charge on any atom is -0.385 e. The second-order valence-electron chi connectivity index (χ2n) is 12.2. The number of piperidine rings is 1. The van der Waals surface area contributed by atoms with Gasteiger partial charge in [0.15, 0.2) is 11.6 Å². The summed E-state index contributed by atoms with van der Waals surface area (Å²) in [5.74, 6) is -1.90. The first-order chi connectivity index (χ1) is 19.9. The molecule has 1 aliphatic heterocycles. The molecule has 0 spiro atoms. The molecule has 8 heteroatoms. The lowest BCUT2D eigenvalue weighted by Crippen LogP contribution is -2.46. The Balaban J connectivity index is 0.881. The van der Waals surface area contributed by atoms with Crippen LogP contribution in [0.15, 0.2) is 54.9 Å². The number of ketones is 2. The number of aromatic nitrogens is 2. The Morgan fingerprint density at radius 3 is 2.56 bits per heavy atom. The van der Waals surface area contributed by atoms with Crippen molar-refractivity contribution in [2.24, 2.45) is 17.8 Å². The van der Waals surface area contributed by atoms with Gasteiger partial charge in [0.2, 0.25) is 11.8 Å². The van der Waals surface area contributed by atoms with E-state index in [2.05, 4.69) is 50.9 Å². The number of amides is 2. The van der Waals surface area contributed by atoms with Crippen LogP contribution in [0.5, 0.6) is 0 Å². The van der Waals surface area contributed by atoms with E-state index in [0.29, 0.717) is 23.1 Å². The third-order valence-electron chi connectivity index (χ3n) is 9.37. The van der Waals surface area contributed by atoms with Crippen LogP contribution >= 0.6 is 0 Å². The molecule has 2 aromatic carbocycles. The fraction of sp³-hybridized carbons (Fsp3) is 0.424. The number of benzene rings is 2. The van der Waals surface area contributed by atoms with E-state index in [1.54, 1.807) is 12.1 Å². The standard InChI is InChI=1S/C33H34N4O4/c38-29-11-10-27(33(41)36-29)30-31(39)26-9-8-24(16-28(26)32(30)40)34-12-2-3-19-13-25(14-19)37-18-23(17-35-37)22-5-1-4-21(15-22)20-6-7-20/h1,4-5,8-9,15-20,25,27,30,34H,2-3,6-7,10-14H2,(H,36,38,41). The van der Waals surface area contributed by atoms with Gasteiger partial charge in [-0.2, -0.15) is 5.10 Å². The highest BCUT2D eigenvalue weighted by Crippen LogP contribution is 2.43. The molecule has 3 fully saturated rings. The van der Waals surface area contributed by atoms with Crippen LogP contribution in [0.1, 0.15) is 89.6 Å². The Bertz CT molecular complexity index is 1550. The van der Waals surface area contributed by atoms with Crippen molar-refractivity contribution in [3.05, 3.63) is 71.5 Å². The third-order valence-corrected chi connectivity index (χ3v) is 9.37. The van der Waals surface area contributed by atoms with Gasteiger partial charge in [0.05, 0.1) is 24.1 Å². The normalized spacial score (nSPS) is 25.6. The number of rotatable bonds is 9. The van der Waals surface area contributed by atoms with E-state index >= 15 is 0 Å². The van der Waals surface area contributed by atoms with Gasteiger partial charge in [0, 0.05) is 41.5 Å². The molecule has 210 valence electrons. The second kappa shape index (κ2) is 10.4. The van der Waals surface area contributed by atoms with Crippen LogP contribution in [0.4, 0.5) is 5.69 Å². The van der Waals surface area contributed by atoms with Crippen LogP contribution in [0.3, 0.4) is 0 Å². The number of nitrogens with one attached hydrogen (secondary N) is 2. The van der Waals surface area contributed by atoms with Gasteiger partial charge in [-0.15, -0.1) is 0 Å². The van der Waals surface area contributed by atoms with Gasteiger partial charge in [-0.1, -0.05) is 24.3 Å². The van der Waals surface area contributed by atoms with E-state index in [9.17, 15) is 19.2 Å². The Morgan fingerprint density at radius 2 is 1.76 bits per heavy atom. The first-order valence-corrected chi connectivity index (χ1v) is 14.9. The smallest absolute Gasteiger partial charge is 0.230 e. The number of Topliss-reactive ketones (excluding diaryl/α,β-unsaturated/α-hetero) is 2. The summed E-state index contributed by atoms with van der Waals surface area (Å²) >= 11 is 0. The van der Waals surface area contributed by atoms with Crippen molar-refractivity contribution in [3.8, 4) is 11.1 Å². The Kier molecular flexibility index (Phi) is 6.56. The predicted octanol–water partition coefficient (Wildman–Crippen LogP) is 5.32. The van der Waals surface area contributed by atoms with Gasteiger partial charge in [-0.25, -0.2) is 0 Å². The number of fused-ring (bicyclic) bond motifs is 1. The molecule has 1 aromatic heterocycles. The number of imide groups is 1. The number of carbonyl (C=O) groups excluding carboxylic acids is 4. The van der Waals surface area contributed by atoms with Crippen molar-refractivity contribution in [1.82, 2.24) is 15.1 Å². The molecule has 7 rings (SSSR count). The number of hydrogen-bond acceptors (Lipinski definition) is 6. The van der Waals surface area contributed by atoms with Gasteiger partial charge >= 0.3 is 0 Å². The average Bonchev–Trinajstić information content (AvgIpc) is 3.64. The number of carbonyl (C=O) groups is 4. The first-order valence-electron chi connectivity index (χ1n) is 14.9. The maximum absolute atomic E-state index is 13.1. The summed E-state index contributed by atoms with van der Waals surface area (Å²) in [5.41, 5.74) is 5.44. The van der Waals surface area contributed by atoms with Gasteiger partial charge in [-0.05, 0) is 86.1 Å². The van der Waals surface area contributed by atoms with Crippen molar-refractivity contribution in [2.45, 2.75) is 63.3 Å². The summed E-state index contributed by atoms with van der Waals surface area (Å²) in [6, 6.07) is 14.6. The topological polar surface area (TPSA) is 110 Å². The van der Waals surface area contributed by atoms with E-state index < -0.39 is 17.7 Å². The molecule has 8 nitrogen and oxygen atoms in total. The summed E-state index contributed by atoms with van der Waals surface area (Å²) in [4.78, 5) is 49.9.